The second-order valence-electron chi connectivity index (χ2n) is 5.86. The van der Waals surface area contributed by atoms with Crippen LogP contribution in [0.25, 0.3) is 10.7 Å². The normalized spacial score (nSPS) is 20.2. The van der Waals surface area contributed by atoms with Crippen molar-refractivity contribution >= 4 is 17.2 Å². The van der Waals surface area contributed by atoms with Gasteiger partial charge in [-0.3, -0.25) is 4.79 Å². The fourth-order valence-corrected chi connectivity index (χ4v) is 3.41. The molecule has 5 nitrogen and oxygen atoms in total. The van der Waals surface area contributed by atoms with Crippen LogP contribution in [-0.4, -0.2) is 27.5 Å². The molecule has 1 aliphatic rings. The van der Waals surface area contributed by atoms with Crippen molar-refractivity contribution in [2.75, 3.05) is 6.54 Å². The van der Waals surface area contributed by atoms with E-state index < -0.39 is 12.1 Å². The molecular weight excluding hydrogens is 343 g/mol. The molecule has 1 saturated carbocycles. The fraction of sp³-hybridized carbons (Fsp3) is 0.533. The van der Waals surface area contributed by atoms with E-state index in [2.05, 4.69) is 14.7 Å². The zero-order valence-electron chi connectivity index (χ0n) is 13.1. The maximum absolute atomic E-state index is 12.5. The Morgan fingerprint density at radius 3 is 2.71 bits per heavy atom. The summed E-state index contributed by atoms with van der Waals surface area (Å²) in [7, 11) is 0. The third-order valence-corrected chi connectivity index (χ3v) is 5.08. The van der Waals surface area contributed by atoms with Crippen molar-refractivity contribution in [3.63, 3.8) is 0 Å². The van der Waals surface area contributed by atoms with Crippen LogP contribution in [0.5, 0.6) is 0 Å². The van der Waals surface area contributed by atoms with Crippen molar-refractivity contribution in [2.45, 2.75) is 33.0 Å². The Morgan fingerprint density at radius 1 is 1.46 bits per heavy atom. The van der Waals surface area contributed by atoms with Crippen LogP contribution in [0.15, 0.2) is 16.7 Å². The summed E-state index contributed by atoms with van der Waals surface area (Å²) in [6, 6.07) is 3.42. The van der Waals surface area contributed by atoms with Gasteiger partial charge >= 0.3 is 12.1 Å². The minimum atomic E-state index is -4.66. The van der Waals surface area contributed by atoms with Crippen LogP contribution >= 0.6 is 11.3 Å². The molecule has 0 spiro atoms. The number of carbonyl (C=O) groups is 1. The Kier molecular flexibility index (Phi) is 4.37. The zero-order chi connectivity index (χ0) is 17.5. The van der Waals surface area contributed by atoms with E-state index in [-0.39, 0.29) is 17.6 Å². The summed E-state index contributed by atoms with van der Waals surface area (Å²) >= 11 is 1.26. The molecular formula is C15H16F3N3O2S. The first-order valence-electron chi connectivity index (χ1n) is 7.58. The summed E-state index contributed by atoms with van der Waals surface area (Å²) in [5.74, 6) is -0.773. The molecule has 2 aromatic heterocycles. The summed E-state index contributed by atoms with van der Waals surface area (Å²) in [4.78, 5) is 18.8. The number of thiophene rings is 1. The Hall–Kier alpha value is -1.90. The topological polar surface area (TPSA) is 59.2 Å². The Bertz CT molecular complexity index is 740. The van der Waals surface area contributed by atoms with Crippen molar-refractivity contribution in [1.29, 1.82) is 0 Å². The first-order valence-corrected chi connectivity index (χ1v) is 8.40. The molecule has 0 aromatic carbocycles. The van der Waals surface area contributed by atoms with Crippen molar-refractivity contribution in [2.24, 2.45) is 11.8 Å². The van der Waals surface area contributed by atoms with Crippen molar-refractivity contribution in [1.82, 2.24) is 15.0 Å². The standard InChI is InChI=1S/C15H16F3N3O2S/c1-3-21(13(22)10-6-8(10)2)7-9-4-5-11(24-9)12-19-14(23-20-12)15(16,17)18/h4-5,8,10H,3,6-7H2,1-2H3. The number of nitrogens with zero attached hydrogens (tertiary/aromatic N) is 3. The molecule has 0 aliphatic heterocycles. The molecule has 2 unspecified atom stereocenters. The maximum Gasteiger partial charge on any atom is 0.471 e. The van der Waals surface area contributed by atoms with Crippen LogP contribution in [0.1, 0.15) is 31.0 Å². The SMILES string of the molecule is CCN(Cc1ccc(-c2noc(C(F)(F)F)n2)s1)C(=O)C1CC1C. The molecule has 1 aliphatic carbocycles. The second kappa shape index (κ2) is 6.19. The van der Waals surface area contributed by atoms with Crippen LogP contribution in [0.2, 0.25) is 0 Å². The third kappa shape index (κ3) is 3.45. The molecule has 130 valence electrons. The number of amides is 1. The van der Waals surface area contributed by atoms with Gasteiger partial charge in [-0.25, -0.2) is 0 Å². The van der Waals surface area contributed by atoms with Gasteiger partial charge in [-0.05, 0) is 31.4 Å². The summed E-state index contributed by atoms with van der Waals surface area (Å²) < 4.78 is 41.8. The molecule has 0 N–H and O–H groups in total. The van der Waals surface area contributed by atoms with Crippen molar-refractivity contribution in [3.05, 3.63) is 22.9 Å². The second-order valence-corrected chi connectivity index (χ2v) is 7.03. The average Bonchev–Trinajstić information content (AvgIpc) is 2.97. The summed E-state index contributed by atoms with van der Waals surface area (Å²) in [5, 5.41) is 3.37. The van der Waals surface area contributed by atoms with E-state index >= 15 is 0 Å². The molecule has 0 saturated heterocycles. The molecule has 0 radical (unpaired) electrons. The zero-order valence-corrected chi connectivity index (χ0v) is 13.9. The molecule has 2 atom stereocenters. The summed E-state index contributed by atoms with van der Waals surface area (Å²) in [6.07, 6.45) is -3.73. The van der Waals surface area contributed by atoms with Gasteiger partial charge < -0.3 is 9.42 Å². The monoisotopic (exact) mass is 359 g/mol. The smallest absolute Gasteiger partial charge is 0.338 e. The van der Waals surface area contributed by atoms with Crippen LogP contribution in [-0.2, 0) is 17.5 Å². The lowest BCUT2D eigenvalue weighted by atomic mass is 10.3. The van der Waals surface area contributed by atoms with Gasteiger partial charge in [0.25, 0.3) is 0 Å². The Morgan fingerprint density at radius 2 is 2.17 bits per heavy atom. The van der Waals surface area contributed by atoms with Crippen LogP contribution in [0, 0.1) is 11.8 Å². The highest BCUT2D eigenvalue weighted by Crippen LogP contribution is 2.39. The van der Waals surface area contributed by atoms with Crippen molar-refractivity contribution in [3.8, 4) is 10.7 Å². The number of carbonyl (C=O) groups excluding carboxylic acids is 1. The molecule has 0 bridgehead atoms. The van der Waals surface area contributed by atoms with Crippen LogP contribution < -0.4 is 0 Å². The Labute approximate surface area is 140 Å². The van der Waals surface area contributed by atoms with E-state index in [1.54, 1.807) is 17.0 Å². The van der Waals surface area contributed by atoms with Crippen LogP contribution in [0.4, 0.5) is 13.2 Å². The number of hydrogen-bond acceptors (Lipinski definition) is 5. The minimum Gasteiger partial charge on any atom is -0.338 e. The molecule has 1 amide bonds. The predicted molar refractivity (Wildman–Crippen MR) is 81.0 cm³/mol. The number of aromatic nitrogens is 2. The predicted octanol–water partition coefficient (Wildman–Crippen LogP) is 3.82. The lowest BCUT2D eigenvalue weighted by molar-refractivity contribution is -0.159. The largest absolute Gasteiger partial charge is 0.471 e. The van der Waals surface area contributed by atoms with Gasteiger partial charge in [-0.2, -0.15) is 18.2 Å². The van der Waals surface area contributed by atoms with Gasteiger partial charge in [-0.15, -0.1) is 11.3 Å². The number of halogens is 3. The average molecular weight is 359 g/mol. The van der Waals surface area contributed by atoms with E-state index in [0.29, 0.717) is 23.9 Å². The first-order chi connectivity index (χ1) is 11.3. The van der Waals surface area contributed by atoms with Crippen molar-refractivity contribution < 1.29 is 22.5 Å². The third-order valence-electron chi connectivity index (χ3n) is 4.02. The molecule has 3 rings (SSSR count). The quantitative estimate of drug-likeness (QED) is 0.814. The number of hydrogen-bond donors (Lipinski definition) is 0. The van der Waals surface area contributed by atoms with Gasteiger partial charge in [0.2, 0.25) is 11.7 Å². The molecule has 2 aromatic rings. The highest BCUT2D eigenvalue weighted by molar-refractivity contribution is 7.15. The summed E-state index contributed by atoms with van der Waals surface area (Å²) in [5.41, 5.74) is 0. The number of rotatable bonds is 5. The lowest BCUT2D eigenvalue weighted by Crippen LogP contribution is -2.31. The van der Waals surface area contributed by atoms with Crippen LogP contribution in [0.3, 0.4) is 0 Å². The van der Waals surface area contributed by atoms with Gasteiger partial charge in [0.15, 0.2) is 0 Å². The highest BCUT2D eigenvalue weighted by Gasteiger charge is 2.41. The molecule has 9 heteroatoms. The van der Waals surface area contributed by atoms with E-state index in [0.717, 1.165) is 11.3 Å². The molecule has 24 heavy (non-hydrogen) atoms. The fourth-order valence-electron chi connectivity index (χ4n) is 2.46. The van der Waals surface area contributed by atoms with E-state index in [9.17, 15) is 18.0 Å². The summed E-state index contributed by atoms with van der Waals surface area (Å²) in [6.45, 7) is 4.99. The van der Waals surface area contributed by atoms with E-state index in [1.165, 1.54) is 11.3 Å². The highest BCUT2D eigenvalue weighted by atomic mass is 32.1. The van der Waals surface area contributed by atoms with E-state index in [1.807, 2.05) is 13.8 Å². The van der Waals surface area contributed by atoms with Gasteiger partial charge in [0.1, 0.15) is 0 Å². The van der Waals surface area contributed by atoms with Gasteiger partial charge in [-0.1, -0.05) is 12.1 Å². The minimum absolute atomic E-state index is 0.0937. The maximum atomic E-state index is 12.5. The first kappa shape index (κ1) is 16.9. The van der Waals surface area contributed by atoms with Gasteiger partial charge in [0, 0.05) is 17.3 Å². The Balaban J connectivity index is 1.71. The number of alkyl halides is 3. The lowest BCUT2D eigenvalue weighted by Gasteiger charge is -2.20. The van der Waals surface area contributed by atoms with E-state index in [4.69, 9.17) is 0 Å². The molecule has 2 heterocycles. The molecule has 1 fully saturated rings. The van der Waals surface area contributed by atoms with Gasteiger partial charge in [0.05, 0.1) is 11.4 Å².